The van der Waals surface area contributed by atoms with E-state index in [9.17, 15) is 22.8 Å². The normalized spacial score (nSPS) is 17.0. The van der Waals surface area contributed by atoms with Crippen molar-refractivity contribution in [3.8, 4) is 0 Å². The van der Waals surface area contributed by atoms with Gasteiger partial charge in [0.15, 0.2) is 0 Å². The van der Waals surface area contributed by atoms with E-state index in [1.165, 1.54) is 24.3 Å². The molecule has 1 fully saturated rings. The molecule has 4 nitrogen and oxygen atoms in total. The van der Waals surface area contributed by atoms with Gasteiger partial charge in [0.2, 0.25) is 5.91 Å². The number of rotatable bonds is 5. The van der Waals surface area contributed by atoms with Crippen LogP contribution < -0.4 is 5.32 Å². The number of aromatic carboxylic acids is 1. The SMILES string of the molecule is O=C(Cc1ccc(C(=O)O)cc1)NC(C1CCCC1)C(F)(F)F. The summed E-state index contributed by atoms with van der Waals surface area (Å²) in [5.74, 6) is -2.37. The lowest BCUT2D eigenvalue weighted by molar-refractivity contribution is -0.171. The summed E-state index contributed by atoms with van der Waals surface area (Å²) in [4.78, 5) is 22.7. The van der Waals surface area contributed by atoms with Crippen LogP contribution in [0.1, 0.15) is 41.6 Å². The molecule has 1 aromatic rings. The molecule has 2 N–H and O–H groups in total. The molecule has 2 rings (SSSR count). The summed E-state index contributed by atoms with van der Waals surface area (Å²) < 4.78 is 39.4. The second-order valence-corrected chi connectivity index (χ2v) is 5.81. The maximum absolute atomic E-state index is 13.1. The molecule has 0 aliphatic heterocycles. The molecule has 0 heterocycles. The zero-order valence-corrected chi connectivity index (χ0v) is 12.4. The molecule has 0 aromatic heterocycles. The predicted octanol–water partition coefficient (Wildman–Crippen LogP) is 3.16. The number of halogens is 3. The van der Waals surface area contributed by atoms with Crippen LogP contribution in [0.3, 0.4) is 0 Å². The van der Waals surface area contributed by atoms with Gasteiger partial charge < -0.3 is 10.4 Å². The van der Waals surface area contributed by atoms with Crippen molar-refractivity contribution in [2.24, 2.45) is 5.92 Å². The summed E-state index contributed by atoms with van der Waals surface area (Å²) in [5.41, 5.74) is 0.535. The molecule has 126 valence electrons. The van der Waals surface area contributed by atoms with E-state index in [0.717, 1.165) is 12.8 Å². The lowest BCUT2D eigenvalue weighted by Gasteiger charge is -2.27. The second-order valence-electron chi connectivity index (χ2n) is 5.81. The first-order valence-electron chi connectivity index (χ1n) is 7.45. The third-order valence-corrected chi connectivity index (χ3v) is 4.11. The second kappa shape index (κ2) is 7.02. The summed E-state index contributed by atoms with van der Waals surface area (Å²) >= 11 is 0. The van der Waals surface area contributed by atoms with Gasteiger partial charge in [0, 0.05) is 0 Å². The average Bonchev–Trinajstić information content (AvgIpc) is 2.98. The van der Waals surface area contributed by atoms with Crippen LogP contribution in [0.2, 0.25) is 0 Å². The molecule has 0 bridgehead atoms. The van der Waals surface area contributed by atoms with Gasteiger partial charge in [0.1, 0.15) is 6.04 Å². The van der Waals surface area contributed by atoms with Gasteiger partial charge in [-0.15, -0.1) is 0 Å². The van der Waals surface area contributed by atoms with Crippen LogP contribution in [0.4, 0.5) is 13.2 Å². The zero-order chi connectivity index (χ0) is 17.0. The Morgan fingerprint density at radius 3 is 2.22 bits per heavy atom. The van der Waals surface area contributed by atoms with Gasteiger partial charge in [-0.2, -0.15) is 13.2 Å². The molecular formula is C16H18F3NO3. The van der Waals surface area contributed by atoms with E-state index in [1.54, 1.807) is 0 Å². The minimum absolute atomic E-state index is 0.0632. The summed E-state index contributed by atoms with van der Waals surface area (Å²) in [5, 5.41) is 10.9. The molecule has 1 atom stereocenters. The van der Waals surface area contributed by atoms with E-state index in [-0.39, 0.29) is 12.0 Å². The first-order chi connectivity index (χ1) is 10.8. The van der Waals surface area contributed by atoms with E-state index in [2.05, 4.69) is 5.32 Å². The molecule has 0 saturated heterocycles. The van der Waals surface area contributed by atoms with E-state index in [0.29, 0.717) is 18.4 Å². The number of carbonyl (C=O) groups is 2. The van der Waals surface area contributed by atoms with Crippen LogP contribution >= 0.6 is 0 Å². The monoisotopic (exact) mass is 329 g/mol. The molecule has 0 radical (unpaired) electrons. The standard InChI is InChI=1S/C16H18F3NO3/c17-16(18,19)14(11-3-1-2-4-11)20-13(21)9-10-5-7-12(8-6-10)15(22)23/h5-8,11,14H,1-4,9H2,(H,20,21)(H,22,23). The average molecular weight is 329 g/mol. The molecule has 7 heteroatoms. The van der Waals surface area contributed by atoms with Gasteiger partial charge in [-0.05, 0) is 36.5 Å². The van der Waals surface area contributed by atoms with Crippen molar-refractivity contribution >= 4 is 11.9 Å². The Hall–Kier alpha value is -2.05. The van der Waals surface area contributed by atoms with Gasteiger partial charge in [0.25, 0.3) is 0 Å². The maximum atomic E-state index is 13.1. The van der Waals surface area contributed by atoms with Crippen molar-refractivity contribution in [2.75, 3.05) is 0 Å². The van der Waals surface area contributed by atoms with E-state index >= 15 is 0 Å². The highest BCUT2D eigenvalue weighted by Crippen LogP contribution is 2.35. The summed E-state index contributed by atoms with van der Waals surface area (Å²) in [7, 11) is 0. The number of alkyl halides is 3. The maximum Gasteiger partial charge on any atom is 0.408 e. The van der Waals surface area contributed by atoms with Gasteiger partial charge in [-0.3, -0.25) is 4.79 Å². The summed E-state index contributed by atoms with van der Waals surface area (Å²) in [6.07, 6.45) is -2.22. The first kappa shape index (κ1) is 17.3. The van der Waals surface area contributed by atoms with Crippen molar-refractivity contribution in [2.45, 2.75) is 44.3 Å². The Morgan fingerprint density at radius 2 is 1.74 bits per heavy atom. The molecule has 1 aromatic carbocycles. The minimum Gasteiger partial charge on any atom is -0.478 e. The fraction of sp³-hybridized carbons (Fsp3) is 0.500. The summed E-state index contributed by atoms with van der Waals surface area (Å²) in [6, 6.07) is 3.70. The zero-order valence-electron chi connectivity index (χ0n) is 12.4. The first-order valence-corrected chi connectivity index (χ1v) is 7.45. The third-order valence-electron chi connectivity index (χ3n) is 4.11. The number of benzene rings is 1. The largest absolute Gasteiger partial charge is 0.478 e. The Morgan fingerprint density at radius 1 is 1.17 bits per heavy atom. The quantitative estimate of drug-likeness (QED) is 0.872. The molecule has 23 heavy (non-hydrogen) atoms. The lowest BCUT2D eigenvalue weighted by Crippen LogP contribution is -2.50. The third kappa shape index (κ3) is 4.71. The van der Waals surface area contributed by atoms with E-state index in [4.69, 9.17) is 5.11 Å². The van der Waals surface area contributed by atoms with Gasteiger partial charge in [0.05, 0.1) is 12.0 Å². The summed E-state index contributed by atoms with van der Waals surface area (Å²) in [6.45, 7) is 0. The van der Waals surface area contributed by atoms with Crippen LogP contribution in [0.15, 0.2) is 24.3 Å². The highest BCUT2D eigenvalue weighted by Gasteiger charge is 2.46. The Balaban J connectivity index is 1.99. The molecular weight excluding hydrogens is 311 g/mol. The van der Waals surface area contributed by atoms with Crippen LogP contribution in [0.5, 0.6) is 0 Å². The molecule has 0 spiro atoms. The lowest BCUT2D eigenvalue weighted by atomic mass is 9.97. The number of carbonyl (C=O) groups excluding carboxylic acids is 1. The van der Waals surface area contributed by atoms with Crippen molar-refractivity contribution in [1.82, 2.24) is 5.32 Å². The number of nitrogens with one attached hydrogen (secondary N) is 1. The Labute approximate surface area is 131 Å². The molecule has 1 amide bonds. The molecule has 1 unspecified atom stereocenters. The van der Waals surface area contributed by atoms with Crippen molar-refractivity contribution in [3.63, 3.8) is 0 Å². The topological polar surface area (TPSA) is 66.4 Å². The Kier molecular flexibility index (Phi) is 5.28. The van der Waals surface area contributed by atoms with Crippen molar-refractivity contribution < 1.29 is 27.9 Å². The molecule has 1 aliphatic rings. The van der Waals surface area contributed by atoms with Crippen LogP contribution in [-0.4, -0.2) is 29.2 Å². The van der Waals surface area contributed by atoms with Gasteiger partial charge in [-0.25, -0.2) is 4.79 Å². The number of hydrogen-bond acceptors (Lipinski definition) is 2. The van der Waals surface area contributed by atoms with Crippen LogP contribution in [-0.2, 0) is 11.2 Å². The predicted molar refractivity (Wildman–Crippen MR) is 77.0 cm³/mol. The smallest absolute Gasteiger partial charge is 0.408 e. The fourth-order valence-corrected chi connectivity index (χ4v) is 2.93. The highest BCUT2D eigenvalue weighted by atomic mass is 19.4. The van der Waals surface area contributed by atoms with Crippen molar-refractivity contribution in [3.05, 3.63) is 35.4 Å². The number of carboxylic acid groups (broad SMARTS) is 1. The van der Waals surface area contributed by atoms with E-state index in [1.807, 2.05) is 0 Å². The number of carboxylic acids is 1. The van der Waals surface area contributed by atoms with Crippen molar-refractivity contribution in [1.29, 1.82) is 0 Å². The number of hydrogen-bond donors (Lipinski definition) is 2. The van der Waals surface area contributed by atoms with E-state index < -0.39 is 30.0 Å². The minimum atomic E-state index is -4.46. The van der Waals surface area contributed by atoms with Gasteiger partial charge in [-0.1, -0.05) is 25.0 Å². The molecule has 1 saturated carbocycles. The fourth-order valence-electron chi connectivity index (χ4n) is 2.93. The number of amides is 1. The molecule has 1 aliphatic carbocycles. The van der Waals surface area contributed by atoms with Gasteiger partial charge >= 0.3 is 12.1 Å². The Bertz CT molecular complexity index is 563. The van der Waals surface area contributed by atoms with Crippen LogP contribution in [0.25, 0.3) is 0 Å². The van der Waals surface area contributed by atoms with Crippen LogP contribution in [0, 0.1) is 5.92 Å². The highest BCUT2D eigenvalue weighted by molar-refractivity contribution is 5.87.